The second-order valence-corrected chi connectivity index (χ2v) is 10.9. The van der Waals surface area contributed by atoms with Crippen LogP contribution in [0.25, 0.3) is 0 Å². The summed E-state index contributed by atoms with van der Waals surface area (Å²) in [6.07, 6.45) is 0. The van der Waals surface area contributed by atoms with Crippen molar-refractivity contribution < 1.29 is 46.6 Å². The summed E-state index contributed by atoms with van der Waals surface area (Å²) < 4.78 is 5.23. The molecule has 1 unspecified atom stereocenters. The Morgan fingerprint density at radius 3 is 1.79 bits per heavy atom. The Labute approximate surface area is 108 Å². The Balaban J connectivity index is 0.000000845. The largest absolute Gasteiger partial charge is 1.00 e. The molecule has 1 atom stereocenters. The topological polar surface area (TPSA) is 0 Å². The fraction of sp³-hybridized carbons (Fsp3) is 0.636. The molecule has 2 rings (SSSR count). The van der Waals surface area contributed by atoms with E-state index < -0.39 is 21.8 Å². The summed E-state index contributed by atoms with van der Waals surface area (Å²) >= 11 is -0.860. The van der Waals surface area contributed by atoms with Crippen LogP contribution >= 0.6 is 0 Å². The summed E-state index contributed by atoms with van der Waals surface area (Å²) in [5, 5.41) is 0. The Morgan fingerprint density at radius 1 is 1.00 bits per heavy atom. The first-order valence-corrected chi connectivity index (χ1v) is 9.57. The molecule has 0 saturated carbocycles. The molecule has 0 bridgehead atoms. The summed E-state index contributed by atoms with van der Waals surface area (Å²) in [6.45, 7) is 9.39. The Kier molecular flexibility index (Phi) is 5.68. The molecular formula is C11H17Cl2Zr. The first-order chi connectivity index (χ1) is 5.63. The number of allylic oxidation sites excluding steroid dienone is 4. The molecule has 0 amide bonds. The molecule has 1 saturated heterocycles. The van der Waals surface area contributed by atoms with Crippen molar-refractivity contribution in [1.82, 2.24) is 0 Å². The van der Waals surface area contributed by atoms with Gasteiger partial charge in [-0.05, 0) is 0 Å². The molecule has 1 fully saturated rings. The van der Waals surface area contributed by atoms with Gasteiger partial charge in [-0.2, -0.15) is 0 Å². The third-order valence-electron chi connectivity index (χ3n) is 3.52. The standard InChI is InChI=1S/C9H13.C2H4.2ClH.Zr/c1-6-5-7(2)9(4)8(6)3;1-2;;;/h6H,1-4H3;1-2H2;2*1H;/q;;;;+2/p-2. The molecule has 0 aromatic rings. The van der Waals surface area contributed by atoms with E-state index in [1.807, 2.05) is 3.28 Å². The van der Waals surface area contributed by atoms with E-state index in [2.05, 4.69) is 27.7 Å². The summed E-state index contributed by atoms with van der Waals surface area (Å²) in [6, 6.07) is 0. The van der Waals surface area contributed by atoms with Crippen LogP contribution in [0.4, 0.5) is 0 Å². The SMILES string of the molecule is CC1=C(C)C(C)[C]([Zr+2]2[CH2][CH2]2)=C1C.[Cl-].[Cl-]. The number of hydrogen-bond acceptors (Lipinski definition) is 0. The van der Waals surface area contributed by atoms with Gasteiger partial charge in [0.15, 0.2) is 0 Å². The average Bonchev–Trinajstić information content (AvgIpc) is 2.82. The van der Waals surface area contributed by atoms with Crippen molar-refractivity contribution in [2.75, 3.05) is 0 Å². The van der Waals surface area contributed by atoms with Gasteiger partial charge in [0.1, 0.15) is 0 Å². The minimum atomic E-state index is -0.860. The van der Waals surface area contributed by atoms with Crippen LogP contribution in [0, 0.1) is 5.92 Å². The number of rotatable bonds is 1. The smallest absolute Gasteiger partial charge is 1.00 e. The van der Waals surface area contributed by atoms with Crippen LogP contribution in [0.2, 0.25) is 8.26 Å². The van der Waals surface area contributed by atoms with Gasteiger partial charge >= 0.3 is 83.6 Å². The van der Waals surface area contributed by atoms with E-state index in [1.165, 1.54) is 0 Å². The van der Waals surface area contributed by atoms with Gasteiger partial charge in [-0.15, -0.1) is 0 Å². The molecule has 0 N–H and O–H groups in total. The molecule has 0 spiro atoms. The van der Waals surface area contributed by atoms with E-state index >= 15 is 0 Å². The molecule has 1 heterocycles. The molecule has 79 valence electrons. The minimum Gasteiger partial charge on any atom is -1.00 e. The molecule has 0 aromatic carbocycles. The zero-order chi connectivity index (χ0) is 8.88. The number of halogens is 2. The van der Waals surface area contributed by atoms with Crippen molar-refractivity contribution >= 4 is 0 Å². The minimum absolute atomic E-state index is 0. The van der Waals surface area contributed by atoms with Gasteiger partial charge in [0.05, 0.1) is 0 Å². The Hall–Kier alpha value is 0.943. The van der Waals surface area contributed by atoms with Gasteiger partial charge in [-0.3, -0.25) is 0 Å². The van der Waals surface area contributed by atoms with Crippen LogP contribution in [-0.2, 0) is 21.8 Å². The van der Waals surface area contributed by atoms with Crippen LogP contribution in [0.5, 0.6) is 0 Å². The Morgan fingerprint density at radius 2 is 1.50 bits per heavy atom. The van der Waals surface area contributed by atoms with E-state index in [0.717, 1.165) is 5.92 Å². The maximum atomic E-state index is 2.41. The van der Waals surface area contributed by atoms with Crippen molar-refractivity contribution in [2.24, 2.45) is 5.92 Å². The Bertz CT molecular complexity index is 288. The third kappa shape index (κ3) is 2.36. The van der Waals surface area contributed by atoms with Crippen molar-refractivity contribution in [2.45, 2.75) is 36.0 Å². The fourth-order valence-electron chi connectivity index (χ4n) is 2.27. The number of hydrogen-bond donors (Lipinski definition) is 0. The molecule has 14 heavy (non-hydrogen) atoms. The zero-order valence-electron chi connectivity index (χ0n) is 9.25. The van der Waals surface area contributed by atoms with Gasteiger partial charge in [0.2, 0.25) is 0 Å². The molecule has 3 heteroatoms. The molecule has 1 aliphatic carbocycles. The van der Waals surface area contributed by atoms with Crippen molar-refractivity contribution in [3.05, 3.63) is 20.0 Å². The first kappa shape index (κ1) is 14.9. The van der Waals surface area contributed by atoms with Gasteiger partial charge in [0, 0.05) is 0 Å². The van der Waals surface area contributed by atoms with Crippen LogP contribution in [-0.4, -0.2) is 0 Å². The van der Waals surface area contributed by atoms with Crippen LogP contribution in [0.15, 0.2) is 20.0 Å². The average molecular weight is 311 g/mol. The van der Waals surface area contributed by atoms with E-state index in [1.54, 1.807) is 25.0 Å². The van der Waals surface area contributed by atoms with Crippen LogP contribution in [0.1, 0.15) is 27.7 Å². The van der Waals surface area contributed by atoms with Crippen LogP contribution in [0.3, 0.4) is 0 Å². The molecule has 0 radical (unpaired) electrons. The van der Waals surface area contributed by atoms with E-state index in [-0.39, 0.29) is 24.8 Å². The van der Waals surface area contributed by atoms with E-state index in [4.69, 9.17) is 0 Å². The van der Waals surface area contributed by atoms with Gasteiger partial charge in [0.25, 0.3) is 0 Å². The van der Waals surface area contributed by atoms with Crippen molar-refractivity contribution in [3.63, 3.8) is 0 Å². The summed E-state index contributed by atoms with van der Waals surface area (Å²) in [7, 11) is 0. The first-order valence-electron chi connectivity index (χ1n) is 4.86. The van der Waals surface area contributed by atoms with Crippen LogP contribution < -0.4 is 24.8 Å². The maximum Gasteiger partial charge on any atom is -1.00 e. The summed E-state index contributed by atoms with van der Waals surface area (Å²) in [5.41, 5.74) is 4.95. The van der Waals surface area contributed by atoms with Crippen molar-refractivity contribution in [1.29, 1.82) is 0 Å². The van der Waals surface area contributed by atoms with E-state index in [9.17, 15) is 0 Å². The normalized spacial score (nSPS) is 24.9. The molecule has 2 aliphatic rings. The fourth-order valence-corrected chi connectivity index (χ4v) is 9.52. The van der Waals surface area contributed by atoms with Gasteiger partial charge < -0.3 is 24.8 Å². The maximum absolute atomic E-state index is 2.41. The summed E-state index contributed by atoms with van der Waals surface area (Å²) in [4.78, 5) is 0. The van der Waals surface area contributed by atoms with Crippen molar-refractivity contribution in [3.8, 4) is 0 Å². The predicted molar refractivity (Wildman–Crippen MR) is 49.9 cm³/mol. The zero-order valence-corrected chi connectivity index (χ0v) is 13.2. The van der Waals surface area contributed by atoms with E-state index in [0.29, 0.717) is 0 Å². The molecule has 0 aromatic heterocycles. The third-order valence-corrected chi connectivity index (χ3v) is 9.84. The van der Waals surface area contributed by atoms with Gasteiger partial charge in [-0.1, -0.05) is 0 Å². The molecule has 1 aliphatic heterocycles. The molecular weight excluding hydrogens is 294 g/mol. The second-order valence-electron chi connectivity index (χ2n) is 4.17. The van der Waals surface area contributed by atoms with Gasteiger partial charge in [-0.25, -0.2) is 0 Å². The summed E-state index contributed by atoms with van der Waals surface area (Å²) in [5.74, 6) is 0.835. The monoisotopic (exact) mass is 309 g/mol. The predicted octanol–water partition coefficient (Wildman–Crippen LogP) is -2.28. The second kappa shape index (κ2) is 5.33. The molecule has 0 nitrogen and oxygen atoms in total. The quantitative estimate of drug-likeness (QED) is 0.512.